The maximum atomic E-state index is 5.34. The highest BCUT2D eigenvalue weighted by Crippen LogP contribution is 2.54. The SMILES string of the molecule is CCCCn1c2ccc(-c3c(-c4ccccc4)c(-c4ccccc4)c4c5ccccc5c5ccccc5c4c3-c3ccccc3)cc2c2nc3ccccc3nc21. The molecule has 0 aliphatic rings. The number of para-hydroxylation sites is 2. The van der Waals surface area contributed by atoms with Crippen LogP contribution in [-0.2, 0) is 6.54 Å². The molecular formula is C54H39N3. The maximum Gasteiger partial charge on any atom is 0.160 e. The highest BCUT2D eigenvalue weighted by molar-refractivity contribution is 6.35. The van der Waals surface area contributed by atoms with Gasteiger partial charge in [0, 0.05) is 11.9 Å². The fraction of sp³-hybridized carbons (Fsp3) is 0.0741. The van der Waals surface area contributed by atoms with Gasteiger partial charge in [0.15, 0.2) is 5.65 Å². The highest BCUT2D eigenvalue weighted by atomic mass is 15.1. The summed E-state index contributed by atoms with van der Waals surface area (Å²) in [6.07, 6.45) is 2.17. The van der Waals surface area contributed by atoms with Crippen LogP contribution < -0.4 is 0 Å². The van der Waals surface area contributed by atoms with Crippen molar-refractivity contribution in [3.63, 3.8) is 0 Å². The van der Waals surface area contributed by atoms with Gasteiger partial charge >= 0.3 is 0 Å². The van der Waals surface area contributed by atoms with E-state index in [0.717, 1.165) is 52.5 Å². The van der Waals surface area contributed by atoms with Crippen molar-refractivity contribution in [2.75, 3.05) is 0 Å². The molecule has 0 radical (unpaired) electrons. The Morgan fingerprint density at radius 3 is 1.40 bits per heavy atom. The van der Waals surface area contributed by atoms with E-state index in [1.54, 1.807) is 0 Å². The number of unbranched alkanes of at least 4 members (excludes halogenated alkanes) is 1. The molecule has 3 nitrogen and oxygen atoms in total. The summed E-state index contributed by atoms with van der Waals surface area (Å²) in [5.74, 6) is 0. The van der Waals surface area contributed by atoms with Crippen molar-refractivity contribution in [3.05, 3.63) is 182 Å². The molecule has 0 spiro atoms. The van der Waals surface area contributed by atoms with E-state index < -0.39 is 0 Å². The zero-order valence-corrected chi connectivity index (χ0v) is 31.8. The van der Waals surface area contributed by atoms with Crippen LogP contribution in [0.2, 0.25) is 0 Å². The van der Waals surface area contributed by atoms with Crippen molar-refractivity contribution >= 4 is 65.4 Å². The van der Waals surface area contributed by atoms with Crippen LogP contribution in [-0.4, -0.2) is 14.5 Å². The molecular weight excluding hydrogens is 691 g/mol. The smallest absolute Gasteiger partial charge is 0.160 e. The summed E-state index contributed by atoms with van der Waals surface area (Å²) in [5.41, 5.74) is 14.5. The van der Waals surface area contributed by atoms with E-state index in [0.29, 0.717) is 0 Å². The van der Waals surface area contributed by atoms with Crippen molar-refractivity contribution in [2.45, 2.75) is 26.3 Å². The van der Waals surface area contributed by atoms with Crippen molar-refractivity contribution in [1.29, 1.82) is 0 Å². The minimum atomic E-state index is 0.889. The molecule has 0 atom stereocenters. The predicted octanol–water partition coefficient (Wildman–Crippen LogP) is 14.7. The quantitative estimate of drug-likeness (QED) is 0.153. The molecule has 0 aliphatic carbocycles. The Morgan fingerprint density at radius 2 is 0.860 bits per heavy atom. The Labute approximate surface area is 331 Å². The van der Waals surface area contributed by atoms with Crippen molar-refractivity contribution in [1.82, 2.24) is 14.5 Å². The Kier molecular flexibility index (Phi) is 7.92. The third-order valence-electron chi connectivity index (χ3n) is 11.7. The van der Waals surface area contributed by atoms with Crippen molar-refractivity contribution in [2.24, 2.45) is 0 Å². The molecule has 11 aromatic rings. The lowest BCUT2D eigenvalue weighted by Crippen LogP contribution is -2.00. The van der Waals surface area contributed by atoms with Gasteiger partial charge < -0.3 is 4.57 Å². The Morgan fingerprint density at radius 1 is 0.404 bits per heavy atom. The molecule has 0 N–H and O–H groups in total. The molecule has 0 fully saturated rings. The standard InChI is InChI=1S/C54H39N3/c1-2-3-33-57-46-32-31-38(34-43(46)53-54(57)56-45-30-18-17-29-44(45)55-53)50-47(35-19-7-4-8-20-35)48(36-21-9-5-10-22-36)51-41-27-15-13-25-39(41)40-26-14-16-28-42(40)52(51)49(50)37-23-11-6-12-24-37/h4-32,34H,2-3,33H2,1H3. The lowest BCUT2D eigenvalue weighted by Gasteiger charge is -2.26. The number of aryl methyl sites for hydroxylation is 1. The second-order valence-corrected chi connectivity index (χ2v) is 15.1. The largest absolute Gasteiger partial charge is 0.324 e. The van der Waals surface area contributed by atoms with Gasteiger partial charge in [0.1, 0.15) is 5.52 Å². The molecule has 3 heteroatoms. The van der Waals surface area contributed by atoms with E-state index in [-0.39, 0.29) is 0 Å². The average molecular weight is 730 g/mol. The third-order valence-corrected chi connectivity index (χ3v) is 11.7. The maximum absolute atomic E-state index is 5.34. The lowest BCUT2D eigenvalue weighted by molar-refractivity contribution is 0.661. The van der Waals surface area contributed by atoms with Gasteiger partial charge in [-0.05, 0) is 108 Å². The van der Waals surface area contributed by atoms with Gasteiger partial charge in [0.25, 0.3) is 0 Å². The summed E-state index contributed by atoms with van der Waals surface area (Å²) >= 11 is 0. The van der Waals surface area contributed by atoms with Crippen LogP contribution in [0.1, 0.15) is 19.8 Å². The summed E-state index contributed by atoms with van der Waals surface area (Å²) in [7, 11) is 0. The minimum absolute atomic E-state index is 0.889. The minimum Gasteiger partial charge on any atom is -0.324 e. The molecule has 0 saturated carbocycles. The normalized spacial score (nSPS) is 11.8. The third kappa shape index (κ3) is 5.27. The van der Waals surface area contributed by atoms with E-state index >= 15 is 0 Å². The monoisotopic (exact) mass is 729 g/mol. The van der Waals surface area contributed by atoms with Crippen molar-refractivity contribution in [3.8, 4) is 44.5 Å². The number of aromatic nitrogens is 3. The van der Waals surface area contributed by atoms with Gasteiger partial charge in [0.2, 0.25) is 0 Å². The summed E-state index contributed by atoms with van der Waals surface area (Å²) in [4.78, 5) is 10.6. The van der Waals surface area contributed by atoms with E-state index in [9.17, 15) is 0 Å². The first-order valence-electron chi connectivity index (χ1n) is 20.1. The number of nitrogens with zero attached hydrogens (tertiary/aromatic N) is 3. The summed E-state index contributed by atoms with van der Waals surface area (Å²) in [6, 6.07) is 66.3. The van der Waals surface area contributed by atoms with Crippen LogP contribution in [0.15, 0.2) is 182 Å². The molecule has 0 unspecified atom stereocenters. The molecule has 0 bridgehead atoms. The molecule has 9 aromatic carbocycles. The van der Waals surface area contributed by atoms with Crippen LogP contribution in [0.5, 0.6) is 0 Å². The van der Waals surface area contributed by atoms with Gasteiger partial charge in [-0.15, -0.1) is 0 Å². The number of fused-ring (bicyclic) bond motifs is 10. The Bertz CT molecular complexity index is 3310. The van der Waals surface area contributed by atoms with Gasteiger partial charge in [-0.1, -0.05) is 171 Å². The van der Waals surface area contributed by atoms with Gasteiger partial charge in [0.05, 0.1) is 16.6 Å². The molecule has 270 valence electrons. The fourth-order valence-electron chi connectivity index (χ4n) is 9.26. The number of rotatable bonds is 7. The second kappa shape index (κ2) is 13.6. The molecule has 0 amide bonds. The first-order valence-corrected chi connectivity index (χ1v) is 20.1. The van der Waals surface area contributed by atoms with E-state index in [1.165, 1.54) is 76.8 Å². The second-order valence-electron chi connectivity index (χ2n) is 15.1. The van der Waals surface area contributed by atoms with Crippen LogP contribution in [0, 0.1) is 0 Å². The van der Waals surface area contributed by atoms with Gasteiger partial charge in [-0.3, -0.25) is 0 Å². The Hall–Kier alpha value is -7.10. The highest BCUT2D eigenvalue weighted by Gasteiger charge is 2.27. The summed E-state index contributed by atoms with van der Waals surface area (Å²) in [5, 5.41) is 8.68. The van der Waals surface area contributed by atoms with Gasteiger partial charge in [-0.2, -0.15) is 0 Å². The van der Waals surface area contributed by atoms with E-state index in [2.05, 4.69) is 187 Å². The molecule has 11 rings (SSSR count). The molecule has 0 aliphatic heterocycles. The zero-order valence-electron chi connectivity index (χ0n) is 31.8. The number of hydrogen-bond acceptors (Lipinski definition) is 2. The van der Waals surface area contributed by atoms with E-state index in [4.69, 9.17) is 9.97 Å². The summed E-state index contributed by atoms with van der Waals surface area (Å²) in [6.45, 7) is 3.14. The number of hydrogen-bond donors (Lipinski definition) is 0. The zero-order chi connectivity index (χ0) is 37.9. The van der Waals surface area contributed by atoms with Crippen LogP contribution >= 0.6 is 0 Å². The topological polar surface area (TPSA) is 30.7 Å². The molecule has 2 aromatic heterocycles. The van der Waals surface area contributed by atoms with Crippen LogP contribution in [0.4, 0.5) is 0 Å². The molecule has 0 saturated heterocycles. The first-order chi connectivity index (χ1) is 28.3. The van der Waals surface area contributed by atoms with E-state index in [1.807, 2.05) is 6.07 Å². The fourth-order valence-corrected chi connectivity index (χ4v) is 9.26. The predicted molar refractivity (Wildman–Crippen MR) is 242 cm³/mol. The lowest BCUT2D eigenvalue weighted by atomic mass is 9.76. The van der Waals surface area contributed by atoms with Gasteiger partial charge in [-0.25, -0.2) is 9.97 Å². The Balaban J connectivity index is 1.40. The molecule has 57 heavy (non-hydrogen) atoms. The number of benzene rings is 9. The first kappa shape index (κ1) is 33.3. The molecule has 2 heterocycles. The average Bonchev–Trinajstić information content (AvgIpc) is 3.58. The van der Waals surface area contributed by atoms with Crippen LogP contribution in [0.3, 0.4) is 0 Å². The van der Waals surface area contributed by atoms with Crippen molar-refractivity contribution < 1.29 is 0 Å². The van der Waals surface area contributed by atoms with Crippen LogP contribution in [0.25, 0.3) is 110 Å². The summed E-state index contributed by atoms with van der Waals surface area (Å²) < 4.78 is 2.39.